The zero-order valence-electron chi connectivity index (χ0n) is 20.5. The molecule has 34 heavy (non-hydrogen) atoms. The lowest BCUT2D eigenvalue weighted by Gasteiger charge is -2.69. The summed E-state index contributed by atoms with van der Waals surface area (Å²) < 4.78 is 12.8. The molecular formula is C30H36O4. The van der Waals surface area contributed by atoms with E-state index in [2.05, 4.69) is 20.8 Å². The molecule has 4 fully saturated rings. The van der Waals surface area contributed by atoms with E-state index < -0.39 is 12.2 Å². The van der Waals surface area contributed by atoms with Crippen molar-refractivity contribution in [3.05, 3.63) is 71.8 Å². The van der Waals surface area contributed by atoms with Gasteiger partial charge in [-0.15, -0.1) is 0 Å². The van der Waals surface area contributed by atoms with E-state index >= 15 is 0 Å². The van der Waals surface area contributed by atoms with Gasteiger partial charge in [-0.05, 0) is 67.7 Å². The van der Waals surface area contributed by atoms with Gasteiger partial charge in [0.05, 0.1) is 11.1 Å². The highest BCUT2D eigenvalue weighted by molar-refractivity contribution is 5.90. The summed E-state index contributed by atoms with van der Waals surface area (Å²) >= 11 is 0. The van der Waals surface area contributed by atoms with Gasteiger partial charge in [-0.2, -0.15) is 0 Å². The lowest BCUT2D eigenvalue weighted by atomic mass is 9.38. The van der Waals surface area contributed by atoms with E-state index in [0.717, 1.165) is 25.7 Å². The third-order valence-electron chi connectivity index (χ3n) is 9.42. The minimum atomic E-state index is -0.455. The molecule has 2 aromatic carbocycles. The molecule has 4 saturated carbocycles. The van der Waals surface area contributed by atoms with E-state index in [9.17, 15) is 9.59 Å². The maximum Gasteiger partial charge on any atom is 0.338 e. The Morgan fingerprint density at radius 3 is 1.79 bits per heavy atom. The number of fused-ring (bicyclic) bond motifs is 2. The number of hydrogen-bond donors (Lipinski definition) is 0. The average Bonchev–Trinajstić information content (AvgIpc) is 2.87. The van der Waals surface area contributed by atoms with Gasteiger partial charge in [0.1, 0.15) is 12.2 Å². The van der Waals surface area contributed by atoms with E-state index in [0.29, 0.717) is 28.9 Å². The molecule has 4 nitrogen and oxygen atoms in total. The molecule has 0 saturated heterocycles. The number of benzene rings is 2. The van der Waals surface area contributed by atoms with Crippen molar-refractivity contribution >= 4 is 11.9 Å². The van der Waals surface area contributed by atoms with Gasteiger partial charge in [0.2, 0.25) is 0 Å². The molecule has 4 aliphatic rings. The standard InChI is InChI=1S/C30H36O4/c1-20(2)30-19-18-29(3,23-16-10-11-17-24(23)30)25(33-27(31)21-12-6-4-7-13-21)26(30)34-28(32)22-14-8-5-9-15-22/h4-9,12-15,20,23-26H,10-11,16-19H2,1-3H3. The first-order valence-corrected chi connectivity index (χ1v) is 12.9. The number of ether oxygens (including phenoxy) is 2. The van der Waals surface area contributed by atoms with Crippen molar-refractivity contribution in [1.29, 1.82) is 0 Å². The van der Waals surface area contributed by atoms with E-state index in [4.69, 9.17) is 9.47 Å². The topological polar surface area (TPSA) is 52.6 Å². The Morgan fingerprint density at radius 1 is 0.765 bits per heavy atom. The van der Waals surface area contributed by atoms with Gasteiger partial charge < -0.3 is 9.47 Å². The van der Waals surface area contributed by atoms with Gasteiger partial charge in [-0.25, -0.2) is 9.59 Å². The summed E-state index contributed by atoms with van der Waals surface area (Å²) in [5.41, 5.74) is 0.698. The molecule has 0 aromatic heterocycles. The zero-order chi connectivity index (χ0) is 23.9. The van der Waals surface area contributed by atoms with Crippen molar-refractivity contribution in [2.75, 3.05) is 0 Å². The summed E-state index contributed by atoms with van der Waals surface area (Å²) in [6, 6.07) is 18.4. The van der Waals surface area contributed by atoms with Crippen LogP contribution >= 0.6 is 0 Å². The summed E-state index contributed by atoms with van der Waals surface area (Å²) in [7, 11) is 0. The molecule has 4 aliphatic carbocycles. The number of esters is 2. The third kappa shape index (κ3) is 3.57. The molecule has 0 N–H and O–H groups in total. The van der Waals surface area contributed by atoms with Crippen LogP contribution in [0.25, 0.3) is 0 Å². The molecule has 6 unspecified atom stereocenters. The minimum Gasteiger partial charge on any atom is -0.454 e. The summed E-state index contributed by atoms with van der Waals surface area (Å²) in [4.78, 5) is 26.7. The second kappa shape index (κ2) is 8.87. The van der Waals surface area contributed by atoms with Crippen LogP contribution in [0.3, 0.4) is 0 Å². The molecule has 0 aliphatic heterocycles. The fourth-order valence-corrected chi connectivity index (χ4v) is 7.68. The lowest BCUT2D eigenvalue weighted by molar-refractivity contribution is -0.271. The fraction of sp³-hybridized carbons (Fsp3) is 0.533. The number of carbonyl (C=O) groups excluding carboxylic acids is 2. The van der Waals surface area contributed by atoms with Crippen LogP contribution in [0.5, 0.6) is 0 Å². The van der Waals surface area contributed by atoms with Gasteiger partial charge in [-0.1, -0.05) is 70.0 Å². The molecule has 0 heterocycles. The van der Waals surface area contributed by atoms with Crippen LogP contribution in [0.1, 0.15) is 80.0 Å². The molecular weight excluding hydrogens is 424 g/mol. The molecule has 4 heteroatoms. The number of rotatable bonds is 5. The Hall–Kier alpha value is -2.62. The van der Waals surface area contributed by atoms with Gasteiger partial charge in [0, 0.05) is 10.8 Å². The van der Waals surface area contributed by atoms with Crippen molar-refractivity contribution in [3.8, 4) is 0 Å². The SMILES string of the molecule is CC(C)C12CCC(C)(C3CCCCC31)C(OC(=O)c1ccccc1)C2OC(=O)c1ccccc1. The molecule has 0 spiro atoms. The largest absolute Gasteiger partial charge is 0.454 e. The molecule has 6 rings (SSSR count). The Labute approximate surface area is 203 Å². The van der Waals surface area contributed by atoms with E-state index in [1.165, 1.54) is 12.8 Å². The highest BCUT2D eigenvalue weighted by atomic mass is 16.6. The van der Waals surface area contributed by atoms with Crippen LogP contribution in [0.4, 0.5) is 0 Å². The first-order chi connectivity index (χ1) is 16.4. The first-order valence-electron chi connectivity index (χ1n) is 12.9. The van der Waals surface area contributed by atoms with Crippen molar-refractivity contribution < 1.29 is 19.1 Å². The Bertz CT molecular complexity index is 1030. The predicted molar refractivity (Wildman–Crippen MR) is 131 cm³/mol. The minimum absolute atomic E-state index is 0.186. The normalized spacial score (nSPS) is 34.4. The molecule has 180 valence electrons. The van der Waals surface area contributed by atoms with Gasteiger partial charge in [0.25, 0.3) is 0 Å². The second-order valence-corrected chi connectivity index (χ2v) is 11.2. The van der Waals surface area contributed by atoms with Crippen LogP contribution in [0.15, 0.2) is 60.7 Å². The first kappa shape index (κ1) is 23.1. The van der Waals surface area contributed by atoms with Crippen molar-refractivity contribution in [1.82, 2.24) is 0 Å². The molecule has 6 atom stereocenters. The van der Waals surface area contributed by atoms with Gasteiger partial charge in [0.15, 0.2) is 0 Å². The maximum atomic E-state index is 13.4. The van der Waals surface area contributed by atoms with Gasteiger partial charge in [-0.3, -0.25) is 0 Å². The maximum absolute atomic E-state index is 13.4. The number of hydrogen-bond acceptors (Lipinski definition) is 4. The summed E-state index contributed by atoms with van der Waals surface area (Å²) in [6.07, 6.45) is 5.87. The van der Waals surface area contributed by atoms with Crippen LogP contribution in [0.2, 0.25) is 0 Å². The Morgan fingerprint density at radius 2 is 1.26 bits per heavy atom. The predicted octanol–water partition coefficient (Wildman–Crippen LogP) is 6.70. The smallest absolute Gasteiger partial charge is 0.338 e. The summed E-state index contributed by atoms with van der Waals surface area (Å²) in [6.45, 7) is 6.81. The van der Waals surface area contributed by atoms with Crippen molar-refractivity contribution in [2.24, 2.45) is 28.6 Å². The fourth-order valence-electron chi connectivity index (χ4n) is 7.68. The Balaban J connectivity index is 1.57. The van der Waals surface area contributed by atoms with Gasteiger partial charge >= 0.3 is 11.9 Å². The molecule has 2 bridgehead atoms. The van der Waals surface area contributed by atoms with E-state index in [-0.39, 0.29) is 22.8 Å². The lowest BCUT2D eigenvalue weighted by Crippen LogP contribution is -2.71. The van der Waals surface area contributed by atoms with Crippen molar-refractivity contribution in [3.63, 3.8) is 0 Å². The summed E-state index contributed by atoms with van der Waals surface area (Å²) in [5.74, 6) is 0.633. The second-order valence-electron chi connectivity index (χ2n) is 11.2. The highest BCUT2D eigenvalue weighted by Crippen LogP contribution is 2.69. The van der Waals surface area contributed by atoms with E-state index in [1.807, 2.05) is 36.4 Å². The van der Waals surface area contributed by atoms with Crippen LogP contribution in [-0.4, -0.2) is 24.1 Å². The Kier molecular flexibility index (Phi) is 6.03. The third-order valence-corrected chi connectivity index (χ3v) is 9.42. The average molecular weight is 461 g/mol. The number of carbonyl (C=O) groups is 2. The monoisotopic (exact) mass is 460 g/mol. The van der Waals surface area contributed by atoms with E-state index in [1.54, 1.807) is 24.3 Å². The zero-order valence-corrected chi connectivity index (χ0v) is 20.5. The highest BCUT2D eigenvalue weighted by Gasteiger charge is 2.70. The summed E-state index contributed by atoms with van der Waals surface area (Å²) in [5, 5.41) is 0. The quantitative estimate of drug-likeness (QED) is 0.466. The molecule has 2 aromatic rings. The van der Waals surface area contributed by atoms with Crippen LogP contribution < -0.4 is 0 Å². The van der Waals surface area contributed by atoms with Crippen LogP contribution in [-0.2, 0) is 9.47 Å². The molecule has 0 radical (unpaired) electrons. The van der Waals surface area contributed by atoms with Crippen molar-refractivity contribution in [2.45, 2.75) is 71.5 Å². The molecule has 0 amide bonds. The van der Waals surface area contributed by atoms with Crippen LogP contribution in [0, 0.1) is 28.6 Å².